The standard InChI is InChI=1S/C28H31N3O5/c1-19-4-2-3-5-25(19)26(17-27(30-35)21-10-13-29-22(16-21)18-32)20-6-8-23(9-7-20)31-14-11-24(12-15-31)36-28(33)34/h2-10,13,16,24,26,32,35H,11-12,14-15,17-18H2,1H3,(H,33,34)/b30-27+/t26-/m1/s1. The number of ether oxygens (including phenoxy) is 1. The van der Waals surface area contributed by atoms with Gasteiger partial charge in [-0.05, 0) is 47.9 Å². The van der Waals surface area contributed by atoms with E-state index in [2.05, 4.69) is 58.4 Å². The molecule has 188 valence electrons. The first-order chi connectivity index (χ1) is 17.5. The van der Waals surface area contributed by atoms with E-state index in [0.29, 0.717) is 30.7 Å². The number of rotatable bonds is 8. The second-order valence-electron chi connectivity index (χ2n) is 9.02. The van der Waals surface area contributed by atoms with Gasteiger partial charge in [-0.15, -0.1) is 0 Å². The highest BCUT2D eigenvalue weighted by Crippen LogP contribution is 2.33. The number of aryl methyl sites for hydroxylation is 1. The molecule has 8 nitrogen and oxygen atoms in total. The number of aliphatic hydroxyl groups is 1. The predicted octanol–water partition coefficient (Wildman–Crippen LogP) is 4.95. The Labute approximate surface area is 210 Å². The number of aromatic nitrogens is 1. The Bertz CT molecular complexity index is 1200. The molecule has 8 heteroatoms. The number of benzene rings is 2. The molecule has 0 aliphatic carbocycles. The van der Waals surface area contributed by atoms with Gasteiger partial charge in [-0.2, -0.15) is 0 Å². The molecule has 2 heterocycles. The van der Waals surface area contributed by atoms with E-state index in [1.165, 1.54) is 0 Å². The molecule has 4 rings (SSSR count). The molecule has 1 aliphatic heterocycles. The van der Waals surface area contributed by atoms with Gasteiger partial charge in [0.05, 0.1) is 18.0 Å². The zero-order valence-corrected chi connectivity index (χ0v) is 20.2. The van der Waals surface area contributed by atoms with Crippen LogP contribution in [0.25, 0.3) is 0 Å². The van der Waals surface area contributed by atoms with Crippen LogP contribution in [0.3, 0.4) is 0 Å². The first-order valence-electron chi connectivity index (χ1n) is 12.1. The van der Waals surface area contributed by atoms with Crippen molar-refractivity contribution in [1.82, 2.24) is 4.98 Å². The fourth-order valence-electron chi connectivity index (χ4n) is 4.83. The van der Waals surface area contributed by atoms with Gasteiger partial charge in [0.25, 0.3) is 0 Å². The monoisotopic (exact) mass is 489 g/mol. The topological polar surface area (TPSA) is 115 Å². The maximum absolute atomic E-state index is 10.8. The molecular weight excluding hydrogens is 458 g/mol. The van der Waals surface area contributed by atoms with Crippen LogP contribution in [0, 0.1) is 6.92 Å². The fraction of sp³-hybridized carbons (Fsp3) is 0.321. The van der Waals surface area contributed by atoms with Crippen molar-refractivity contribution in [3.8, 4) is 0 Å². The van der Waals surface area contributed by atoms with Crippen molar-refractivity contribution >= 4 is 17.6 Å². The summed E-state index contributed by atoms with van der Waals surface area (Å²) in [6.45, 7) is 3.35. The van der Waals surface area contributed by atoms with Crippen molar-refractivity contribution < 1.29 is 25.0 Å². The van der Waals surface area contributed by atoms with Crippen LogP contribution in [0.5, 0.6) is 0 Å². The van der Waals surface area contributed by atoms with Crippen LogP contribution < -0.4 is 4.90 Å². The van der Waals surface area contributed by atoms with Gasteiger partial charge in [-0.1, -0.05) is 41.6 Å². The number of oxime groups is 1. The summed E-state index contributed by atoms with van der Waals surface area (Å²) < 4.78 is 4.93. The normalized spacial score (nSPS) is 15.5. The number of piperidine rings is 1. The number of nitrogens with zero attached hydrogens (tertiary/aromatic N) is 3. The van der Waals surface area contributed by atoms with E-state index in [-0.39, 0.29) is 18.6 Å². The van der Waals surface area contributed by atoms with E-state index in [9.17, 15) is 15.1 Å². The number of aliphatic hydroxyl groups excluding tert-OH is 1. The molecule has 0 unspecified atom stereocenters. The van der Waals surface area contributed by atoms with E-state index in [1.54, 1.807) is 18.3 Å². The molecule has 1 aromatic heterocycles. The molecule has 3 aromatic rings. The minimum absolute atomic E-state index is 0.0494. The van der Waals surface area contributed by atoms with Crippen LogP contribution >= 0.6 is 0 Å². The highest BCUT2D eigenvalue weighted by atomic mass is 16.7. The highest BCUT2D eigenvalue weighted by molar-refractivity contribution is 6.01. The lowest BCUT2D eigenvalue weighted by atomic mass is 9.83. The summed E-state index contributed by atoms with van der Waals surface area (Å²) in [6, 6.07) is 20.1. The summed E-state index contributed by atoms with van der Waals surface area (Å²) in [6.07, 6.45) is 1.93. The van der Waals surface area contributed by atoms with Gasteiger partial charge in [0.1, 0.15) is 6.10 Å². The second-order valence-corrected chi connectivity index (χ2v) is 9.02. The van der Waals surface area contributed by atoms with Crippen LogP contribution in [0.1, 0.15) is 53.1 Å². The van der Waals surface area contributed by atoms with Crippen molar-refractivity contribution in [3.05, 3.63) is 94.8 Å². The van der Waals surface area contributed by atoms with E-state index < -0.39 is 6.16 Å². The van der Waals surface area contributed by atoms with E-state index >= 15 is 0 Å². The first-order valence-corrected chi connectivity index (χ1v) is 12.1. The van der Waals surface area contributed by atoms with Crippen molar-refractivity contribution in [2.45, 2.75) is 44.8 Å². The summed E-state index contributed by atoms with van der Waals surface area (Å²) in [5.41, 5.74) is 6.22. The van der Waals surface area contributed by atoms with Crippen LogP contribution in [0.15, 0.2) is 72.0 Å². The Hall–Kier alpha value is -3.91. The quantitative estimate of drug-likeness (QED) is 0.178. The third kappa shape index (κ3) is 6.01. The Kier molecular flexibility index (Phi) is 8.17. The van der Waals surface area contributed by atoms with Crippen molar-refractivity contribution in [2.24, 2.45) is 5.16 Å². The molecule has 2 aromatic carbocycles. The molecular formula is C28H31N3O5. The van der Waals surface area contributed by atoms with Crippen molar-refractivity contribution in [1.29, 1.82) is 0 Å². The second kappa shape index (κ2) is 11.7. The summed E-state index contributed by atoms with van der Waals surface area (Å²) >= 11 is 0. The lowest BCUT2D eigenvalue weighted by Crippen LogP contribution is -2.37. The van der Waals surface area contributed by atoms with Crippen LogP contribution in [-0.4, -0.2) is 51.5 Å². The predicted molar refractivity (Wildman–Crippen MR) is 137 cm³/mol. The average molecular weight is 490 g/mol. The van der Waals surface area contributed by atoms with Gasteiger partial charge in [0, 0.05) is 55.7 Å². The molecule has 0 bridgehead atoms. The SMILES string of the molecule is Cc1ccccc1[C@H](C/C(=N\O)c1ccnc(CO)c1)c1ccc(N2CCC(OC(=O)O)CC2)cc1. The molecule has 0 radical (unpaired) electrons. The molecule has 3 N–H and O–H groups in total. The van der Waals surface area contributed by atoms with Crippen LogP contribution in [0.2, 0.25) is 0 Å². The zero-order valence-electron chi connectivity index (χ0n) is 20.2. The van der Waals surface area contributed by atoms with Gasteiger partial charge < -0.3 is 25.1 Å². The van der Waals surface area contributed by atoms with Crippen molar-refractivity contribution in [2.75, 3.05) is 18.0 Å². The number of carbonyl (C=O) groups is 1. The highest BCUT2D eigenvalue weighted by Gasteiger charge is 2.24. The minimum atomic E-state index is -1.22. The number of carboxylic acid groups (broad SMARTS) is 1. The summed E-state index contributed by atoms with van der Waals surface area (Å²) in [4.78, 5) is 17.2. The van der Waals surface area contributed by atoms with E-state index in [0.717, 1.165) is 41.0 Å². The van der Waals surface area contributed by atoms with Gasteiger partial charge in [0.2, 0.25) is 0 Å². The van der Waals surface area contributed by atoms with Gasteiger partial charge in [-0.3, -0.25) is 4.98 Å². The number of hydrogen-bond acceptors (Lipinski definition) is 7. The first kappa shape index (κ1) is 25.2. The Morgan fingerprint density at radius 3 is 2.50 bits per heavy atom. The summed E-state index contributed by atoms with van der Waals surface area (Å²) in [7, 11) is 0. The van der Waals surface area contributed by atoms with Crippen LogP contribution in [-0.2, 0) is 11.3 Å². The Morgan fingerprint density at radius 2 is 1.86 bits per heavy atom. The average Bonchev–Trinajstić information content (AvgIpc) is 2.90. The Morgan fingerprint density at radius 1 is 1.14 bits per heavy atom. The van der Waals surface area contributed by atoms with Crippen molar-refractivity contribution in [3.63, 3.8) is 0 Å². The van der Waals surface area contributed by atoms with E-state index in [1.807, 2.05) is 12.1 Å². The lowest BCUT2D eigenvalue weighted by molar-refractivity contribution is 0.0416. The number of pyridine rings is 1. The van der Waals surface area contributed by atoms with Gasteiger partial charge in [0.15, 0.2) is 0 Å². The van der Waals surface area contributed by atoms with Crippen LogP contribution in [0.4, 0.5) is 10.5 Å². The lowest BCUT2D eigenvalue weighted by Gasteiger charge is -2.33. The fourth-order valence-corrected chi connectivity index (χ4v) is 4.83. The minimum Gasteiger partial charge on any atom is -0.450 e. The van der Waals surface area contributed by atoms with Gasteiger partial charge >= 0.3 is 6.16 Å². The van der Waals surface area contributed by atoms with Gasteiger partial charge in [-0.25, -0.2) is 4.79 Å². The molecule has 36 heavy (non-hydrogen) atoms. The molecule has 1 aliphatic rings. The number of anilines is 1. The van der Waals surface area contributed by atoms with E-state index in [4.69, 9.17) is 9.84 Å². The molecule has 1 saturated heterocycles. The molecule has 0 amide bonds. The zero-order chi connectivity index (χ0) is 25.5. The molecule has 0 saturated carbocycles. The maximum Gasteiger partial charge on any atom is 0.506 e. The molecule has 1 fully saturated rings. The molecule has 1 atom stereocenters. The smallest absolute Gasteiger partial charge is 0.450 e. The molecule has 0 spiro atoms. The number of hydrogen-bond donors (Lipinski definition) is 3. The largest absolute Gasteiger partial charge is 0.506 e. The maximum atomic E-state index is 10.8. The third-order valence-electron chi connectivity index (χ3n) is 6.76. The summed E-state index contributed by atoms with van der Waals surface area (Å²) in [5.74, 6) is -0.0494. The third-order valence-corrected chi connectivity index (χ3v) is 6.76. The Balaban J connectivity index is 1.58. The summed E-state index contributed by atoms with van der Waals surface area (Å²) in [5, 5.41) is 31.8.